The molecule has 246 valence electrons. The van der Waals surface area contributed by atoms with E-state index < -0.39 is 29.5 Å². The first-order valence-corrected chi connectivity index (χ1v) is 15.3. The lowest BCUT2D eigenvalue weighted by Crippen LogP contribution is -2.54. The molecule has 3 aromatic rings. The standard InChI is InChI=1S/C32H38F3N7O4/c1-20-14-40(8-9-41(20)29(44)46-30(2,3)4)15-21-10-25(32(33,34)35)37-26(11-21)42-16-22-6-7-23(12-24(22)28(42)43)31(17-45-18-31)13-27-38-36-19-39(27)5/h6-7,10-12,19-20H,8-9,13-18H2,1-5H3/t20-/m1/s1. The highest BCUT2D eigenvalue weighted by molar-refractivity contribution is 6.09. The number of hydrogen-bond acceptors (Lipinski definition) is 8. The Balaban J connectivity index is 1.22. The molecule has 1 aromatic carbocycles. The number of pyridine rings is 1. The number of ether oxygens (including phenoxy) is 2. The Kier molecular flexibility index (Phi) is 8.08. The summed E-state index contributed by atoms with van der Waals surface area (Å²) in [6.07, 6.45) is -2.91. The first kappa shape index (κ1) is 31.9. The molecule has 11 nitrogen and oxygen atoms in total. The Labute approximate surface area is 265 Å². The molecule has 0 saturated carbocycles. The van der Waals surface area contributed by atoms with Gasteiger partial charge in [0.1, 0.15) is 29.3 Å². The molecule has 2 saturated heterocycles. The number of nitrogens with zero attached hydrogens (tertiary/aromatic N) is 7. The number of carbonyl (C=O) groups excluding carboxylic acids is 2. The zero-order valence-electron chi connectivity index (χ0n) is 26.6. The summed E-state index contributed by atoms with van der Waals surface area (Å²) in [7, 11) is 1.87. The van der Waals surface area contributed by atoms with Crippen LogP contribution in [-0.4, -0.2) is 86.0 Å². The van der Waals surface area contributed by atoms with Gasteiger partial charge in [-0.2, -0.15) is 13.2 Å². The Morgan fingerprint density at radius 3 is 2.50 bits per heavy atom. The Hall–Kier alpha value is -4.04. The lowest BCUT2D eigenvalue weighted by Gasteiger charge is -2.41. The van der Waals surface area contributed by atoms with Crippen molar-refractivity contribution < 1.29 is 32.2 Å². The summed E-state index contributed by atoms with van der Waals surface area (Å²) in [6, 6.07) is 8.04. The normalized spacial score (nSPS) is 20.1. The number of aromatic nitrogens is 4. The van der Waals surface area contributed by atoms with Crippen LogP contribution in [0.1, 0.15) is 66.3 Å². The van der Waals surface area contributed by atoms with Crippen LogP contribution < -0.4 is 4.90 Å². The minimum Gasteiger partial charge on any atom is -0.444 e. The second kappa shape index (κ2) is 11.6. The highest BCUT2D eigenvalue weighted by Crippen LogP contribution is 2.39. The third-order valence-corrected chi connectivity index (χ3v) is 8.77. The summed E-state index contributed by atoms with van der Waals surface area (Å²) in [4.78, 5) is 35.2. The average molecular weight is 642 g/mol. The number of amides is 2. The van der Waals surface area contributed by atoms with Crippen molar-refractivity contribution >= 4 is 17.8 Å². The van der Waals surface area contributed by atoms with Crippen LogP contribution in [0.4, 0.5) is 23.8 Å². The number of anilines is 1. The van der Waals surface area contributed by atoms with Crippen molar-refractivity contribution in [2.45, 2.75) is 70.4 Å². The van der Waals surface area contributed by atoms with E-state index in [9.17, 15) is 22.8 Å². The molecule has 3 aliphatic rings. The molecule has 2 fully saturated rings. The number of piperazine rings is 1. The molecule has 0 spiro atoms. The Morgan fingerprint density at radius 1 is 1.13 bits per heavy atom. The minimum absolute atomic E-state index is 0.0474. The maximum Gasteiger partial charge on any atom is 0.433 e. The number of aryl methyl sites for hydroxylation is 1. The van der Waals surface area contributed by atoms with E-state index in [1.807, 2.05) is 41.6 Å². The summed E-state index contributed by atoms with van der Waals surface area (Å²) < 4.78 is 55.1. The molecule has 0 unspecified atom stereocenters. The number of hydrogen-bond donors (Lipinski definition) is 0. The fourth-order valence-corrected chi connectivity index (χ4v) is 6.28. The van der Waals surface area contributed by atoms with Crippen LogP contribution in [0.3, 0.4) is 0 Å². The lowest BCUT2D eigenvalue weighted by molar-refractivity contribution is -0.141. The Morgan fingerprint density at radius 2 is 1.89 bits per heavy atom. The number of fused-ring (bicyclic) bond motifs is 1. The van der Waals surface area contributed by atoms with Gasteiger partial charge in [-0.15, -0.1) is 10.2 Å². The van der Waals surface area contributed by atoms with Gasteiger partial charge in [-0.05, 0) is 62.6 Å². The molecule has 3 aliphatic heterocycles. The number of rotatable bonds is 6. The molecule has 14 heteroatoms. The lowest BCUT2D eigenvalue weighted by atomic mass is 9.75. The second-order valence-corrected chi connectivity index (χ2v) is 13.5. The van der Waals surface area contributed by atoms with E-state index in [1.165, 1.54) is 4.90 Å². The largest absolute Gasteiger partial charge is 0.444 e. The van der Waals surface area contributed by atoms with Gasteiger partial charge in [0, 0.05) is 56.7 Å². The predicted octanol–water partition coefficient (Wildman–Crippen LogP) is 4.34. The van der Waals surface area contributed by atoms with Gasteiger partial charge in [0.2, 0.25) is 0 Å². The summed E-state index contributed by atoms with van der Waals surface area (Å²) in [6.45, 7) is 9.81. The summed E-state index contributed by atoms with van der Waals surface area (Å²) in [5, 5.41) is 8.17. The van der Waals surface area contributed by atoms with Gasteiger partial charge in [0.15, 0.2) is 0 Å². The van der Waals surface area contributed by atoms with Crippen molar-refractivity contribution in [1.29, 1.82) is 0 Å². The number of alkyl halides is 3. The van der Waals surface area contributed by atoms with Gasteiger partial charge in [0.25, 0.3) is 5.91 Å². The van der Waals surface area contributed by atoms with E-state index in [2.05, 4.69) is 15.2 Å². The van der Waals surface area contributed by atoms with Crippen molar-refractivity contribution in [2.24, 2.45) is 7.05 Å². The molecule has 5 heterocycles. The van der Waals surface area contributed by atoms with Crippen molar-refractivity contribution in [3.8, 4) is 0 Å². The molecule has 0 aliphatic carbocycles. The van der Waals surface area contributed by atoms with E-state index in [-0.39, 0.29) is 30.4 Å². The molecule has 0 radical (unpaired) electrons. The van der Waals surface area contributed by atoms with Gasteiger partial charge in [-0.25, -0.2) is 9.78 Å². The maximum absolute atomic E-state index is 14.1. The van der Waals surface area contributed by atoms with Gasteiger partial charge in [-0.1, -0.05) is 12.1 Å². The van der Waals surface area contributed by atoms with Crippen molar-refractivity contribution in [2.75, 3.05) is 37.7 Å². The highest BCUT2D eigenvalue weighted by atomic mass is 19.4. The summed E-state index contributed by atoms with van der Waals surface area (Å²) in [5.41, 5.74) is 0.384. The van der Waals surface area contributed by atoms with Crippen LogP contribution in [0.25, 0.3) is 0 Å². The molecule has 2 amide bonds. The van der Waals surface area contributed by atoms with Crippen molar-refractivity contribution in [3.63, 3.8) is 0 Å². The SMILES string of the molecule is C[C@@H]1CN(Cc2cc(N3Cc4ccc(C5(Cc6nncn6C)COC5)cc4C3=O)nc(C(F)(F)F)c2)CCN1C(=O)OC(C)(C)C. The minimum atomic E-state index is -4.70. The summed E-state index contributed by atoms with van der Waals surface area (Å²) in [5.74, 6) is 0.343. The van der Waals surface area contributed by atoms with Crippen LogP contribution in [0.15, 0.2) is 36.7 Å². The average Bonchev–Trinajstić information content (AvgIpc) is 3.50. The van der Waals surface area contributed by atoms with Gasteiger partial charge in [-0.3, -0.25) is 14.6 Å². The van der Waals surface area contributed by atoms with Gasteiger partial charge >= 0.3 is 12.3 Å². The van der Waals surface area contributed by atoms with Gasteiger partial charge < -0.3 is 18.9 Å². The van der Waals surface area contributed by atoms with Crippen LogP contribution in [0.2, 0.25) is 0 Å². The van der Waals surface area contributed by atoms with E-state index in [0.29, 0.717) is 50.4 Å². The molecular weight excluding hydrogens is 603 g/mol. The smallest absolute Gasteiger partial charge is 0.433 e. The Bertz CT molecular complexity index is 1650. The molecule has 2 aromatic heterocycles. The summed E-state index contributed by atoms with van der Waals surface area (Å²) >= 11 is 0. The quantitative estimate of drug-likeness (QED) is 0.392. The predicted molar refractivity (Wildman–Crippen MR) is 161 cm³/mol. The number of benzene rings is 1. The van der Waals surface area contributed by atoms with E-state index in [0.717, 1.165) is 23.0 Å². The fraction of sp³-hybridized carbons (Fsp3) is 0.531. The number of carbonyl (C=O) groups is 2. The van der Waals surface area contributed by atoms with Crippen LogP contribution in [0.5, 0.6) is 0 Å². The molecular formula is C32H38F3N7O4. The molecule has 1 atom stereocenters. The van der Waals surface area contributed by atoms with Gasteiger partial charge in [0.05, 0.1) is 19.8 Å². The third kappa shape index (κ3) is 6.32. The molecule has 0 N–H and O–H groups in total. The van der Waals surface area contributed by atoms with Crippen molar-refractivity contribution in [1.82, 2.24) is 29.5 Å². The molecule has 6 rings (SSSR count). The topological polar surface area (TPSA) is 106 Å². The van der Waals surface area contributed by atoms with Crippen LogP contribution in [-0.2, 0) is 47.6 Å². The van der Waals surface area contributed by atoms with E-state index >= 15 is 0 Å². The monoisotopic (exact) mass is 641 g/mol. The fourth-order valence-electron chi connectivity index (χ4n) is 6.28. The second-order valence-electron chi connectivity index (χ2n) is 13.5. The first-order chi connectivity index (χ1) is 21.6. The van der Waals surface area contributed by atoms with Crippen LogP contribution in [0, 0.1) is 0 Å². The molecule has 0 bridgehead atoms. The van der Waals surface area contributed by atoms with E-state index in [4.69, 9.17) is 9.47 Å². The van der Waals surface area contributed by atoms with E-state index in [1.54, 1.807) is 38.1 Å². The highest BCUT2D eigenvalue weighted by Gasteiger charge is 2.43. The number of halogens is 3. The van der Waals surface area contributed by atoms with Crippen LogP contribution >= 0.6 is 0 Å². The zero-order chi connectivity index (χ0) is 33.0. The molecule has 46 heavy (non-hydrogen) atoms. The van der Waals surface area contributed by atoms with Crippen molar-refractivity contribution in [3.05, 3.63) is 70.4 Å². The third-order valence-electron chi connectivity index (χ3n) is 8.77. The zero-order valence-corrected chi connectivity index (χ0v) is 26.6. The maximum atomic E-state index is 14.1. The first-order valence-electron chi connectivity index (χ1n) is 15.3.